The zero-order valence-corrected chi connectivity index (χ0v) is 18.9. The zero-order chi connectivity index (χ0) is 24.1. The van der Waals surface area contributed by atoms with Crippen molar-refractivity contribution in [1.82, 2.24) is 0 Å². The van der Waals surface area contributed by atoms with E-state index in [0.717, 1.165) is 0 Å². The first-order valence-electron chi connectivity index (χ1n) is 10.4. The highest BCUT2D eigenvalue weighted by Gasteiger charge is 2.44. The molecule has 9 nitrogen and oxygen atoms in total. The van der Waals surface area contributed by atoms with Crippen molar-refractivity contribution in [1.29, 1.82) is 0 Å². The molecule has 9 heteroatoms. The van der Waals surface area contributed by atoms with E-state index in [1.807, 2.05) is 0 Å². The first kappa shape index (κ1) is 24.2. The molecule has 1 aliphatic rings. The van der Waals surface area contributed by atoms with Crippen LogP contribution in [0.5, 0.6) is 23.0 Å². The number of carbonyl (C=O) groups is 2. The number of carbonyl (C=O) groups excluding carboxylic acids is 2. The van der Waals surface area contributed by atoms with Crippen LogP contribution in [0.2, 0.25) is 0 Å². The quantitative estimate of drug-likeness (QED) is 0.572. The average molecular weight is 460 g/mol. The molecule has 0 saturated carbocycles. The van der Waals surface area contributed by atoms with E-state index < -0.39 is 24.1 Å². The number of ether oxygens (including phenoxy) is 5. The molecular formula is C24H28O9. The molecule has 33 heavy (non-hydrogen) atoms. The third kappa shape index (κ3) is 5.48. The summed E-state index contributed by atoms with van der Waals surface area (Å²) in [4.78, 5) is 24.0. The van der Waals surface area contributed by atoms with Crippen molar-refractivity contribution in [3.63, 3.8) is 0 Å². The second-order valence-corrected chi connectivity index (χ2v) is 7.79. The van der Waals surface area contributed by atoms with E-state index in [4.69, 9.17) is 23.7 Å². The standard InChI is InChI=1S/C24H28O9/c1-13(25)32-23(15-5-7-19(27)21(9-15)29-3)17-11-31-12-18(17)24(33-14(2)26)16-6-8-20(28)22(10-16)30-4/h5-10,17-18,23-24,27-28H,11-12H2,1-4H3/t17-,18+,23?,24?. The van der Waals surface area contributed by atoms with Gasteiger partial charge in [0.1, 0.15) is 12.2 Å². The predicted octanol–water partition coefficient (Wildman–Crippen LogP) is 3.29. The van der Waals surface area contributed by atoms with Gasteiger partial charge >= 0.3 is 11.9 Å². The molecule has 1 saturated heterocycles. The summed E-state index contributed by atoms with van der Waals surface area (Å²) in [5, 5.41) is 20.0. The molecule has 4 atom stereocenters. The van der Waals surface area contributed by atoms with Crippen LogP contribution < -0.4 is 9.47 Å². The van der Waals surface area contributed by atoms with Gasteiger partial charge in [-0.3, -0.25) is 9.59 Å². The Morgan fingerprint density at radius 2 is 1.21 bits per heavy atom. The Hall–Kier alpha value is -3.46. The Kier molecular flexibility index (Phi) is 7.65. The molecule has 0 radical (unpaired) electrons. The van der Waals surface area contributed by atoms with Gasteiger partial charge in [-0.15, -0.1) is 0 Å². The molecule has 178 valence electrons. The third-order valence-corrected chi connectivity index (χ3v) is 5.60. The average Bonchev–Trinajstić information content (AvgIpc) is 3.26. The maximum absolute atomic E-state index is 12.0. The lowest BCUT2D eigenvalue weighted by Crippen LogP contribution is -2.30. The molecule has 0 spiro atoms. The summed E-state index contributed by atoms with van der Waals surface area (Å²) in [5.41, 5.74) is 1.20. The first-order chi connectivity index (χ1) is 15.7. The highest BCUT2D eigenvalue weighted by molar-refractivity contribution is 5.67. The molecule has 2 N–H and O–H groups in total. The smallest absolute Gasteiger partial charge is 0.303 e. The molecule has 2 aromatic carbocycles. The molecule has 3 rings (SSSR count). The molecule has 2 aromatic rings. The SMILES string of the molecule is COc1cc(C(OC(C)=O)[C@H]2COC[C@H]2C(OC(C)=O)c2ccc(O)c(OC)c2)ccc1O. The van der Waals surface area contributed by atoms with Gasteiger partial charge in [0.05, 0.1) is 27.4 Å². The van der Waals surface area contributed by atoms with Gasteiger partial charge in [-0.05, 0) is 35.4 Å². The Labute approximate surface area is 191 Å². The Morgan fingerprint density at radius 3 is 1.55 bits per heavy atom. The minimum Gasteiger partial charge on any atom is -0.504 e. The summed E-state index contributed by atoms with van der Waals surface area (Å²) in [6.45, 7) is 3.12. The minimum atomic E-state index is -0.749. The monoisotopic (exact) mass is 460 g/mol. The van der Waals surface area contributed by atoms with Crippen LogP contribution in [0, 0.1) is 11.8 Å². The van der Waals surface area contributed by atoms with Crippen LogP contribution in [-0.2, 0) is 23.8 Å². The summed E-state index contributed by atoms with van der Waals surface area (Å²) in [6, 6.07) is 9.41. The van der Waals surface area contributed by atoms with Gasteiger partial charge in [-0.2, -0.15) is 0 Å². The molecule has 0 aliphatic carbocycles. The van der Waals surface area contributed by atoms with Gasteiger partial charge in [0.15, 0.2) is 23.0 Å². The van der Waals surface area contributed by atoms with Gasteiger partial charge in [0, 0.05) is 25.7 Å². The van der Waals surface area contributed by atoms with Crippen LogP contribution in [0.25, 0.3) is 0 Å². The lowest BCUT2D eigenvalue weighted by molar-refractivity contribution is -0.157. The van der Waals surface area contributed by atoms with E-state index in [2.05, 4.69) is 0 Å². The maximum atomic E-state index is 12.0. The Balaban J connectivity index is 2.03. The predicted molar refractivity (Wildman–Crippen MR) is 116 cm³/mol. The molecule has 1 heterocycles. The number of aromatic hydroxyl groups is 2. The summed E-state index contributed by atoms with van der Waals surface area (Å²) in [6.07, 6.45) is -1.50. The summed E-state index contributed by atoms with van der Waals surface area (Å²) < 4.78 is 27.5. The summed E-state index contributed by atoms with van der Waals surface area (Å²) in [7, 11) is 2.85. The van der Waals surface area contributed by atoms with Crippen molar-refractivity contribution in [3.8, 4) is 23.0 Å². The Bertz CT molecular complexity index is 924. The maximum Gasteiger partial charge on any atom is 0.303 e. The van der Waals surface area contributed by atoms with Gasteiger partial charge in [0.25, 0.3) is 0 Å². The molecule has 1 aliphatic heterocycles. The number of rotatable bonds is 8. The molecule has 0 bridgehead atoms. The zero-order valence-electron chi connectivity index (χ0n) is 18.9. The molecule has 0 amide bonds. The van der Waals surface area contributed by atoms with Crippen LogP contribution in [0.3, 0.4) is 0 Å². The van der Waals surface area contributed by atoms with Gasteiger partial charge < -0.3 is 33.9 Å². The minimum absolute atomic E-state index is 0.0453. The van der Waals surface area contributed by atoms with Crippen molar-refractivity contribution in [2.24, 2.45) is 11.8 Å². The first-order valence-corrected chi connectivity index (χ1v) is 10.4. The Morgan fingerprint density at radius 1 is 0.818 bits per heavy atom. The highest BCUT2D eigenvalue weighted by atomic mass is 16.6. The number of phenols is 2. The van der Waals surface area contributed by atoms with Crippen LogP contribution >= 0.6 is 0 Å². The van der Waals surface area contributed by atoms with Crippen molar-refractivity contribution in [2.45, 2.75) is 26.1 Å². The van der Waals surface area contributed by atoms with Crippen LogP contribution in [-0.4, -0.2) is 49.6 Å². The fourth-order valence-electron chi connectivity index (χ4n) is 4.12. The fraction of sp³-hybridized carbons (Fsp3) is 0.417. The second kappa shape index (κ2) is 10.4. The van der Waals surface area contributed by atoms with Crippen LogP contribution in [0.1, 0.15) is 37.2 Å². The molecular weight excluding hydrogens is 432 g/mol. The number of hydrogen-bond donors (Lipinski definition) is 2. The van der Waals surface area contributed by atoms with Crippen molar-refractivity contribution in [3.05, 3.63) is 47.5 Å². The number of esters is 2. The largest absolute Gasteiger partial charge is 0.504 e. The van der Waals surface area contributed by atoms with E-state index in [1.165, 1.54) is 40.2 Å². The van der Waals surface area contributed by atoms with E-state index in [9.17, 15) is 19.8 Å². The van der Waals surface area contributed by atoms with E-state index in [0.29, 0.717) is 11.1 Å². The number of phenolic OH excluding ortho intramolecular Hbond substituents is 2. The van der Waals surface area contributed by atoms with Crippen LogP contribution in [0.15, 0.2) is 36.4 Å². The highest BCUT2D eigenvalue weighted by Crippen LogP contribution is 2.45. The normalized spacial score (nSPS) is 19.4. The van der Waals surface area contributed by atoms with Crippen molar-refractivity contribution >= 4 is 11.9 Å². The van der Waals surface area contributed by atoms with E-state index in [1.54, 1.807) is 24.3 Å². The van der Waals surface area contributed by atoms with Gasteiger partial charge in [-0.1, -0.05) is 12.1 Å². The van der Waals surface area contributed by atoms with Gasteiger partial charge in [0.2, 0.25) is 0 Å². The number of hydrogen-bond acceptors (Lipinski definition) is 9. The van der Waals surface area contributed by atoms with E-state index >= 15 is 0 Å². The van der Waals surface area contributed by atoms with Crippen molar-refractivity contribution in [2.75, 3.05) is 27.4 Å². The van der Waals surface area contributed by atoms with Crippen LogP contribution in [0.4, 0.5) is 0 Å². The number of benzene rings is 2. The topological polar surface area (TPSA) is 121 Å². The van der Waals surface area contributed by atoms with Crippen molar-refractivity contribution < 1.29 is 43.5 Å². The lowest BCUT2D eigenvalue weighted by Gasteiger charge is -2.32. The van der Waals surface area contributed by atoms with E-state index in [-0.39, 0.29) is 48.0 Å². The van der Waals surface area contributed by atoms with Gasteiger partial charge in [-0.25, -0.2) is 0 Å². The molecule has 2 unspecified atom stereocenters. The summed E-state index contributed by atoms with van der Waals surface area (Å²) >= 11 is 0. The lowest BCUT2D eigenvalue weighted by atomic mass is 9.81. The molecule has 1 fully saturated rings. The number of methoxy groups -OCH3 is 2. The molecule has 0 aromatic heterocycles. The summed E-state index contributed by atoms with van der Waals surface area (Å²) in [5.74, 6) is -1.37. The second-order valence-electron chi connectivity index (χ2n) is 7.79. The fourth-order valence-corrected chi connectivity index (χ4v) is 4.12. The third-order valence-electron chi connectivity index (χ3n) is 5.60.